The summed E-state index contributed by atoms with van der Waals surface area (Å²) in [6.45, 7) is 1.99. The third-order valence-corrected chi connectivity index (χ3v) is 3.53. The van der Waals surface area contributed by atoms with Gasteiger partial charge in [0.05, 0.1) is 12.8 Å². The van der Waals surface area contributed by atoms with Crippen molar-refractivity contribution >= 4 is 17.4 Å². The molecule has 0 saturated heterocycles. The Morgan fingerprint density at radius 3 is 2.67 bits per heavy atom. The second-order valence-electron chi connectivity index (χ2n) is 5.26. The lowest BCUT2D eigenvalue weighted by Gasteiger charge is -2.06. The van der Waals surface area contributed by atoms with Gasteiger partial charge >= 0.3 is 0 Å². The minimum absolute atomic E-state index is 0.0680. The summed E-state index contributed by atoms with van der Waals surface area (Å²) >= 11 is 0. The zero-order valence-electron chi connectivity index (χ0n) is 13.4. The topological polar surface area (TPSA) is 95.1 Å². The molecule has 0 aliphatic carbocycles. The van der Waals surface area contributed by atoms with E-state index in [1.165, 1.54) is 4.68 Å². The fraction of sp³-hybridized carbons (Fsp3) is 0.118. The minimum Gasteiger partial charge on any atom is -0.497 e. The number of aryl methyl sites for hydroxylation is 1. The number of ether oxygens (including phenoxy) is 1. The minimum atomic E-state index is -0.431. The molecule has 0 aliphatic rings. The van der Waals surface area contributed by atoms with E-state index < -0.39 is 5.91 Å². The average molecular weight is 323 g/mol. The summed E-state index contributed by atoms with van der Waals surface area (Å²) in [5.74, 6) is 0.391. The zero-order chi connectivity index (χ0) is 17.1. The molecule has 0 atom stereocenters. The van der Waals surface area contributed by atoms with Gasteiger partial charge in [0.15, 0.2) is 11.5 Å². The van der Waals surface area contributed by atoms with Crippen LogP contribution in [0.5, 0.6) is 5.75 Å². The summed E-state index contributed by atoms with van der Waals surface area (Å²) in [5.41, 5.74) is 8.55. The highest BCUT2D eigenvalue weighted by atomic mass is 16.5. The van der Waals surface area contributed by atoms with Crippen LogP contribution in [-0.4, -0.2) is 28.0 Å². The van der Waals surface area contributed by atoms with Crippen LogP contribution in [0.3, 0.4) is 0 Å². The fourth-order valence-corrected chi connectivity index (χ4v) is 2.22. The van der Waals surface area contributed by atoms with E-state index in [0.29, 0.717) is 11.4 Å². The Hall–Kier alpha value is -3.35. The number of benzene rings is 2. The first-order chi connectivity index (χ1) is 11.6. The number of anilines is 2. The van der Waals surface area contributed by atoms with Crippen LogP contribution in [0, 0.1) is 6.92 Å². The maximum absolute atomic E-state index is 12.4. The van der Waals surface area contributed by atoms with Crippen molar-refractivity contribution < 1.29 is 9.53 Å². The van der Waals surface area contributed by atoms with Crippen molar-refractivity contribution in [2.75, 3.05) is 18.2 Å². The number of nitrogens with zero attached hydrogens (tertiary/aromatic N) is 3. The van der Waals surface area contributed by atoms with Crippen LogP contribution in [-0.2, 0) is 0 Å². The van der Waals surface area contributed by atoms with E-state index in [9.17, 15) is 4.79 Å². The van der Waals surface area contributed by atoms with Crippen LogP contribution < -0.4 is 15.8 Å². The lowest BCUT2D eigenvalue weighted by molar-refractivity contribution is 0.102. The molecular weight excluding hydrogens is 306 g/mol. The van der Waals surface area contributed by atoms with Crippen molar-refractivity contribution in [1.29, 1.82) is 0 Å². The molecular formula is C17H17N5O2. The Balaban J connectivity index is 1.84. The predicted octanol–water partition coefficient (Wildman–Crippen LogP) is 2.42. The predicted molar refractivity (Wildman–Crippen MR) is 91.5 cm³/mol. The van der Waals surface area contributed by atoms with E-state index in [1.54, 1.807) is 31.4 Å². The molecule has 0 bridgehead atoms. The van der Waals surface area contributed by atoms with Gasteiger partial charge in [0, 0.05) is 11.8 Å². The molecule has 3 rings (SSSR count). The highest BCUT2D eigenvalue weighted by Crippen LogP contribution is 2.19. The Bertz CT molecular complexity index is 871. The van der Waals surface area contributed by atoms with Crippen LogP contribution in [0.4, 0.5) is 11.5 Å². The highest BCUT2D eigenvalue weighted by molar-refractivity contribution is 6.05. The number of nitrogens with two attached hydrogens (primary N) is 1. The molecule has 0 aliphatic heterocycles. The first kappa shape index (κ1) is 15.5. The van der Waals surface area contributed by atoms with Gasteiger partial charge in [0.1, 0.15) is 5.75 Å². The smallest absolute Gasteiger partial charge is 0.280 e. The van der Waals surface area contributed by atoms with Gasteiger partial charge in [-0.2, -0.15) is 4.68 Å². The first-order valence-electron chi connectivity index (χ1n) is 7.32. The molecule has 7 heteroatoms. The molecule has 1 heterocycles. The summed E-state index contributed by atoms with van der Waals surface area (Å²) in [6, 6.07) is 14.6. The lowest BCUT2D eigenvalue weighted by atomic mass is 10.2. The van der Waals surface area contributed by atoms with Gasteiger partial charge in [-0.1, -0.05) is 29.0 Å². The van der Waals surface area contributed by atoms with Crippen LogP contribution >= 0.6 is 0 Å². The Labute approximate surface area is 139 Å². The van der Waals surface area contributed by atoms with Gasteiger partial charge in [-0.3, -0.25) is 4.79 Å². The molecule has 0 spiro atoms. The van der Waals surface area contributed by atoms with E-state index in [2.05, 4.69) is 15.6 Å². The molecule has 3 N–H and O–H groups in total. The lowest BCUT2D eigenvalue weighted by Crippen LogP contribution is -2.15. The molecule has 0 saturated carbocycles. The standard InChI is InChI=1S/C17H17N5O2/c1-11-6-8-13(9-7-11)22-16(18)15(20-21-22)17(23)19-12-4-3-5-14(10-12)24-2/h3-10H,18H2,1-2H3,(H,19,23). The number of carbonyl (C=O) groups is 1. The number of rotatable bonds is 4. The SMILES string of the molecule is COc1cccc(NC(=O)c2nnn(-c3ccc(C)cc3)c2N)c1. The molecule has 0 fully saturated rings. The number of nitrogen functional groups attached to an aromatic ring is 1. The van der Waals surface area contributed by atoms with Crippen LogP contribution in [0.2, 0.25) is 0 Å². The number of carbonyl (C=O) groups excluding carboxylic acids is 1. The van der Waals surface area contributed by atoms with Gasteiger partial charge in [-0.25, -0.2) is 0 Å². The molecule has 0 unspecified atom stereocenters. The van der Waals surface area contributed by atoms with E-state index in [0.717, 1.165) is 11.3 Å². The Morgan fingerprint density at radius 1 is 1.21 bits per heavy atom. The van der Waals surface area contributed by atoms with Gasteiger partial charge in [0.2, 0.25) is 0 Å². The van der Waals surface area contributed by atoms with Crippen molar-refractivity contribution in [2.45, 2.75) is 6.92 Å². The van der Waals surface area contributed by atoms with Crippen molar-refractivity contribution in [1.82, 2.24) is 15.0 Å². The van der Waals surface area contributed by atoms with Crippen molar-refractivity contribution in [3.05, 3.63) is 59.8 Å². The largest absolute Gasteiger partial charge is 0.497 e. The summed E-state index contributed by atoms with van der Waals surface area (Å²) in [7, 11) is 1.56. The molecule has 7 nitrogen and oxygen atoms in total. The molecule has 3 aromatic rings. The third-order valence-electron chi connectivity index (χ3n) is 3.53. The van der Waals surface area contributed by atoms with E-state index in [-0.39, 0.29) is 11.5 Å². The quantitative estimate of drug-likeness (QED) is 0.769. The van der Waals surface area contributed by atoms with E-state index in [4.69, 9.17) is 10.5 Å². The number of aromatic nitrogens is 3. The van der Waals surface area contributed by atoms with Gasteiger partial charge in [0.25, 0.3) is 5.91 Å². The van der Waals surface area contributed by atoms with Gasteiger partial charge < -0.3 is 15.8 Å². The van der Waals surface area contributed by atoms with E-state index in [1.807, 2.05) is 31.2 Å². The maximum Gasteiger partial charge on any atom is 0.280 e. The number of amides is 1. The van der Waals surface area contributed by atoms with Crippen molar-refractivity contribution in [3.8, 4) is 11.4 Å². The summed E-state index contributed by atoms with van der Waals surface area (Å²) in [4.78, 5) is 12.4. The van der Waals surface area contributed by atoms with Crippen molar-refractivity contribution in [3.63, 3.8) is 0 Å². The Morgan fingerprint density at radius 2 is 1.96 bits per heavy atom. The van der Waals surface area contributed by atoms with Crippen LogP contribution in [0.25, 0.3) is 5.69 Å². The second kappa shape index (κ2) is 6.41. The van der Waals surface area contributed by atoms with Gasteiger partial charge in [-0.05, 0) is 31.2 Å². The number of hydrogen-bond acceptors (Lipinski definition) is 5. The summed E-state index contributed by atoms with van der Waals surface area (Å²) < 4.78 is 6.56. The number of methoxy groups -OCH3 is 1. The highest BCUT2D eigenvalue weighted by Gasteiger charge is 2.18. The summed E-state index contributed by atoms with van der Waals surface area (Å²) in [5, 5.41) is 10.6. The molecule has 2 aromatic carbocycles. The maximum atomic E-state index is 12.4. The third kappa shape index (κ3) is 3.05. The number of nitrogens with one attached hydrogen (secondary N) is 1. The van der Waals surface area contributed by atoms with Gasteiger partial charge in [-0.15, -0.1) is 5.10 Å². The van der Waals surface area contributed by atoms with E-state index >= 15 is 0 Å². The average Bonchev–Trinajstić information content (AvgIpc) is 2.97. The molecule has 24 heavy (non-hydrogen) atoms. The van der Waals surface area contributed by atoms with Crippen molar-refractivity contribution in [2.24, 2.45) is 0 Å². The fourth-order valence-electron chi connectivity index (χ4n) is 2.22. The molecule has 1 aromatic heterocycles. The van der Waals surface area contributed by atoms with Crippen LogP contribution in [0.1, 0.15) is 16.1 Å². The molecule has 0 radical (unpaired) electrons. The molecule has 122 valence electrons. The monoisotopic (exact) mass is 323 g/mol. The van der Waals surface area contributed by atoms with Crippen LogP contribution in [0.15, 0.2) is 48.5 Å². The zero-order valence-corrected chi connectivity index (χ0v) is 13.4. The normalized spacial score (nSPS) is 10.4. The molecule has 1 amide bonds. The second-order valence-corrected chi connectivity index (χ2v) is 5.26. The Kier molecular flexibility index (Phi) is 4.15. The number of hydrogen-bond donors (Lipinski definition) is 2. The first-order valence-corrected chi connectivity index (χ1v) is 7.32. The summed E-state index contributed by atoms with van der Waals surface area (Å²) in [6.07, 6.45) is 0.